The molecule has 6 heteroatoms. The number of aliphatic hydroxyl groups is 5. The SMILES string of the molecule is OC=CC(O)/C(CO)=C(/O)CC(O)=CCBr. The number of allylic oxidation sites excluding steroid dienone is 1. The van der Waals surface area contributed by atoms with Crippen LogP contribution in [0.25, 0.3) is 0 Å². The molecule has 0 saturated carbocycles. The normalized spacial score (nSPS) is 16.3. The van der Waals surface area contributed by atoms with E-state index in [0.717, 1.165) is 6.08 Å². The van der Waals surface area contributed by atoms with Gasteiger partial charge in [0.1, 0.15) is 11.9 Å². The van der Waals surface area contributed by atoms with Gasteiger partial charge in [0.15, 0.2) is 0 Å². The molecule has 0 aromatic heterocycles. The molecule has 0 aliphatic rings. The van der Waals surface area contributed by atoms with Gasteiger partial charge in [0.25, 0.3) is 0 Å². The fourth-order valence-electron chi connectivity index (χ4n) is 0.999. The average Bonchev–Trinajstić information content (AvgIpc) is 2.19. The zero-order valence-corrected chi connectivity index (χ0v) is 10.1. The molecule has 0 heterocycles. The monoisotopic (exact) mass is 294 g/mol. The molecule has 0 saturated heterocycles. The van der Waals surface area contributed by atoms with E-state index in [9.17, 15) is 15.3 Å². The number of halogens is 1. The van der Waals surface area contributed by atoms with Crippen molar-refractivity contribution in [3.8, 4) is 0 Å². The lowest BCUT2D eigenvalue weighted by Crippen LogP contribution is -2.13. The molecule has 0 aromatic rings. The maximum atomic E-state index is 9.53. The summed E-state index contributed by atoms with van der Waals surface area (Å²) in [6.45, 7) is -0.571. The van der Waals surface area contributed by atoms with Crippen LogP contribution < -0.4 is 0 Å². The summed E-state index contributed by atoms with van der Waals surface area (Å²) in [4.78, 5) is 0. The van der Waals surface area contributed by atoms with Crippen molar-refractivity contribution in [3.63, 3.8) is 0 Å². The summed E-state index contributed by atoms with van der Waals surface area (Å²) in [5.74, 6) is -0.414. The third kappa shape index (κ3) is 5.20. The molecule has 0 aliphatic carbocycles. The number of aliphatic hydroxyl groups excluding tert-OH is 5. The highest BCUT2D eigenvalue weighted by Gasteiger charge is 2.13. The number of hydrogen-bond donors (Lipinski definition) is 5. The lowest BCUT2D eigenvalue weighted by atomic mass is 10.1. The molecule has 92 valence electrons. The molecule has 5 nitrogen and oxygen atoms in total. The maximum Gasteiger partial charge on any atom is 0.104 e. The summed E-state index contributed by atoms with van der Waals surface area (Å²) in [6, 6.07) is 0. The summed E-state index contributed by atoms with van der Waals surface area (Å²) >= 11 is 3.07. The van der Waals surface area contributed by atoms with Crippen molar-refractivity contribution in [2.75, 3.05) is 11.9 Å². The highest BCUT2D eigenvalue weighted by Crippen LogP contribution is 2.14. The topological polar surface area (TPSA) is 101 Å². The standard InChI is InChI=1S/C10H15BrO5/c11-3-1-7(14)5-10(16)8(6-13)9(15)2-4-12/h1-2,4,9,12-16H,3,5-6H2/b4-2?,7-1?,10-8+. The van der Waals surface area contributed by atoms with Crippen LogP contribution in [-0.2, 0) is 0 Å². The van der Waals surface area contributed by atoms with Crippen LogP contribution in [0.1, 0.15) is 6.42 Å². The van der Waals surface area contributed by atoms with Gasteiger partial charge in [0.05, 0.1) is 25.0 Å². The highest BCUT2D eigenvalue weighted by atomic mass is 79.9. The molecule has 5 N–H and O–H groups in total. The molecule has 0 aliphatic heterocycles. The summed E-state index contributed by atoms with van der Waals surface area (Å²) in [6.07, 6.45) is 1.57. The van der Waals surface area contributed by atoms with Gasteiger partial charge >= 0.3 is 0 Å². The van der Waals surface area contributed by atoms with Crippen molar-refractivity contribution in [1.29, 1.82) is 0 Å². The van der Waals surface area contributed by atoms with Crippen molar-refractivity contribution in [1.82, 2.24) is 0 Å². The van der Waals surface area contributed by atoms with Gasteiger partial charge in [-0.1, -0.05) is 15.9 Å². The molecular weight excluding hydrogens is 280 g/mol. The summed E-state index contributed by atoms with van der Waals surface area (Å²) in [5, 5.41) is 46.0. The first-order chi connectivity index (χ1) is 7.56. The maximum absolute atomic E-state index is 9.53. The number of hydrogen-bond acceptors (Lipinski definition) is 5. The van der Waals surface area contributed by atoms with E-state index < -0.39 is 12.7 Å². The minimum atomic E-state index is -1.29. The van der Waals surface area contributed by atoms with Gasteiger partial charge in [-0.15, -0.1) is 0 Å². The Morgan fingerprint density at radius 2 is 1.94 bits per heavy atom. The van der Waals surface area contributed by atoms with Crippen LogP contribution in [0, 0.1) is 0 Å². The van der Waals surface area contributed by atoms with Crippen LogP contribution in [0.4, 0.5) is 0 Å². The Bertz CT molecular complexity index is 296. The molecule has 0 radical (unpaired) electrons. The Balaban J connectivity index is 4.80. The second kappa shape index (κ2) is 8.20. The fraction of sp³-hybridized carbons (Fsp3) is 0.400. The Kier molecular flexibility index (Phi) is 7.70. The largest absolute Gasteiger partial charge is 0.516 e. The Hall–Kier alpha value is -0.980. The van der Waals surface area contributed by atoms with E-state index in [1.54, 1.807) is 0 Å². The molecule has 1 unspecified atom stereocenters. The first-order valence-electron chi connectivity index (χ1n) is 4.51. The van der Waals surface area contributed by atoms with Gasteiger partial charge in [-0.05, 0) is 12.2 Å². The third-order valence-corrected chi connectivity index (χ3v) is 2.15. The van der Waals surface area contributed by atoms with Crippen LogP contribution in [0.15, 0.2) is 35.5 Å². The molecule has 0 rings (SSSR count). The van der Waals surface area contributed by atoms with Crippen molar-refractivity contribution >= 4 is 15.9 Å². The van der Waals surface area contributed by atoms with Crippen LogP contribution >= 0.6 is 15.9 Å². The number of alkyl halides is 1. The second-order valence-corrected chi connectivity index (χ2v) is 3.59. The van der Waals surface area contributed by atoms with Gasteiger partial charge < -0.3 is 25.5 Å². The van der Waals surface area contributed by atoms with E-state index in [0.29, 0.717) is 11.6 Å². The lowest BCUT2D eigenvalue weighted by Gasteiger charge is -2.11. The predicted octanol–water partition coefficient (Wildman–Crippen LogP) is 1.45. The minimum absolute atomic E-state index is 0.0696. The van der Waals surface area contributed by atoms with Crippen LogP contribution in [-0.4, -0.2) is 43.6 Å². The van der Waals surface area contributed by atoms with Gasteiger partial charge in [-0.3, -0.25) is 0 Å². The molecular formula is C10H15BrO5. The summed E-state index contributed by atoms with van der Waals surface area (Å²) in [7, 11) is 0. The zero-order chi connectivity index (χ0) is 12.6. The van der Waals surface area contributed by atoms with Crippen molar-refractivity contribution < 1.29 is 25.5 Å². The molecule has 0 aromatic carbocycles. The van der Waals surface area contributed by atoms with Crippen LogP contribution in [0.2, 0.25) is 0 Å². The highest BCUT2D eigenvalue weighted by molar-refractivity contribution is 9.09. The Labute approximate surface area is 102 Å². The quantitative estimate of drug-likeness (QED) is 0.377. The zero-order valence-electron chi connectivity index (χ0n) is 8.54. The predicted molar refractivity (Wildman–Crippen MR) is 63.6 cm³/mol. The van der Waals surface area contributed by atoms with Crippen molar-refractivity contribution in [2.45, 2.75) is 12.5 Å². The van der Waals surface area contributed by atoms with E-state index in [1.807, 2.05) is 0 Å². The van der Waals surface area contributed by atoms with E-state index in [1.165, 1.54) is 6.08 Å². The average molecular weight is 295 g/mol. The second-order valence-electron chi connectivity index (χ2n) is 2.94. The van der Waals surface area contributed by atoms with E-state index in [4.69, 9.17) is 10.2 Å². The minimum Gasteiger partial charge on any atom is -0.516 e. The van der Waals surface area contributed by atoms with Gasteiger partial charge in [-0.2, -0.15) is 0 Å². The van der Waals surface area contributed by atoms with E-state index >= 15 is 0 Å². The smallest absolute Gasteiger partial charge is 0.104 e. The van der Waals surface area contributed by atoms with Gasteiger partial charge in [0, 0.05) is 10.9 Å². The van der Waals surface area contributed by atoms with E-state index in [2.05, 4.69) is 15.9 Å². The van der Waals surface area contributed by atoms with E-state index in [-0.39, 0.29) is 23.5 Å². The van der Waals surface area contributed by atoms with Crippen molar-refractivity contribution in [2.24, 2.45) is 0 Å². The van der Waals surface area contributed by atoms with Gasteiger partial charge in [-0.25, -0.2) is 0 Å². The van der Waals surface area contributed by atoms with Crippen molar-refractivity contribution in [3.05, 3.63) is 35.5 Å². The summed E-state index contributed by atoms with van der Waals surface area (Å²) in [5.41, 5.74) is -0.0696. The van der Waals surface area contributed by atoms with Crippen LogP contribution in [0.3, 0.4) is 0 Å². The van der Waals surface area contributed by atoms with Gasteiger partial charge in [0.2, 0.25) is 0 Å². The molecule has 0 spiro atoms. The van der Waals surface area contributed by atoms with Crippen LogP contribution in [0.5, 0.6) is 0 Å². The third-order valence-electron chi connectivity index (χ3n) is 1.83. The Morgan fingerprint density at radius 3 is 2.38 bits per heavy atom. The lowest BCUT2D eigenvalue weighted by molar-refractivity contribution is 0.209. The molecule has 0 fully saturated rings. The molecule has 0 amide bonds. The fourth-order valence-corrected chi connectivity index (χ4v) is 1.37. The first kappa shape index (κ1) is 15.0. The number of rotatable bonds is 6. The molecule has 0 bridgehead atoms. The first-order valence-corrected chi connectivity index (χ1v) is 5.63. The Morgan fingerprint density at radius 1 is 1.31 bits per heavy atom. The molecule has 16 heavy (non-hydrogen) atoms. The molecule has 1 atom stereocenters. The summed E-state index contributed by atoms with van der Waals surface area (Å²) < 4.78 is 0.